The highest BCUT2D eigenvalue weighted by Gasteiger charge is 2.30. The Morgan fingerprint density at radius 2 is 1.68 bits per heavy atom. The second-order valence-corrected chi connectivity index (χ2v) is 6.71. The first kappa shape index (κ1) is 17.7. The van der Waals surface area contributed by atoms with E-state index in [1.165, 1.54) is 0 Å². The molecule has 1 atom stereocenters. The minimum atomic E-state index is -0.0883. The molecule has 0 radical (unpaired) electrons. The number of allylic oxidation sites excluding steroid dienone is 1. The Kier molecular flexibility index (Phi) is 5.57. The van der Waals surface area contributed by atoms with Crippen LogP contribution in [0.3, 0.4) is 0 Å². The van der Waals surface area contributed by atoms with Crippen LogP contribution in [-0.2, 0) is 4.79 Å². The van der Waals surface area contributed by atoms with Crippen molar-refractivity contribution in [2.45, 2.75) is 25.8 Å². The Morgan fingerprint density at radius 1 is 1.08 bits per heavy atom. The Bertz CT molecular complexity index is 811. The van der Waals surface area contributed by atoms with Crippen molar-refractivity contribution in [2.24, 2.45) is 5.10 Å². The molecule has 0 saturated heterocycles. The summed E-state index contributed by atoms with van der Waals surface area (Å²) in [4.78, 5) is 12.3. The van der Waals surface area contributed by atoms with Crippen LogP contribution in [-0.4, -0.2) is 16.6 Å². The van der Waals surface area contributed by atoms with Gasteiger partial charge in [-0.15, -0.1) is 0 Å². The van der Waals surface area contributed by atoms with Crippen LogP contribution in [0.25, 0.3) is 6.08 Å². The average Bonchev–Trinajstić information content (AvgIpc) is 3.05. The van der Waals surface area contributed by atoms with E-state index < -0.39 is 0 Å². The van der Waals surface area contributed by atoms with Gasteiger partial charge < -0.3 is 0 Å². The summed E-state index contributed by atoms with van der Waals surface area (Å²) in [5, 5.41) is 7.50. The largest absolute Gasteiger partial charge is 0.273 e. The minimum absolute atomic E-state index is 0.00911. The molecule has 1 aliphatic heterocycles. The number of hydrogen-bond acceptors (Lipinski definition) is 2. The molecule has 0 fully saturated rings. The van der Waals surface area contributed by atoms with Gasteiger partial charge in [-0.25, -0.2) is 5.01 Å². The van der Waals surface area contributed by atoms with E-state index >= 15 is 0 Å². The molecule has 5 heteroatoms. The van der Waals surface area contributed by atoms with Crippen molar-refractivity contribution >= 4 is 40.9 Å². The van der Waals surface area contributed by atoms with Gasteiger partial charge in [-0.05, 0) is 41.5 Å². The molecule has 0 aliphatic carbocycles. The van der Waals surface area contributed by atoms with Gasteiger partial charge >= 0.3 is 0 Å². The molecule has 1 heterocycles. The normalized spacial score (nSPS) is 17.2. The third kappa shape index (κ3) is 4.30. The lowest BCUT2D eigenvalue weighted by molar-refractivity contribution is -0.132. The SMILES string of the molecule is CCC(=O)N1N=C(/C=C/c2ccc(Cl)cc2)C[C@H]1c1ccc(Cl)cc1. The van der Waals surface area contributed by atoms with Gasteiger partial charge in [-0.2, -0.15) is 5.10 Å². The number of rotatable bonds is 4. The van der Waals surface area contributed by atoms with Crippen molar-refractivity contribution < 1.29 is 4.79 Å². The molecule has 25 heavy (non-hydrogen) atoms. The van der Waals surface area contributed by atoms with E-state index in [4.69, 9.17) is 23.2 Å². The first-order valence-electron chi connectivity index (χ1n) is 8.15. The number of halogens is 2. The monoisotopic (exact) mass is 372 g/mol. The highest BCUT2D eigenvalue weighted by atomic mass is 35.5. The molecule has 1 amide bonds. The molecule has 0 aromatic heterocycles. The van der Waals surface area contributed by atoms with Crippen LogP contribution in [0.5, 0.6) is 0 Å². The van der Waals surface area contributed by atoms with Gasteiger partial charge in [0.2, 0.25) is 5.91 Å². The third-order valence-electron chi connectivity index (χ3n) is 4.08. The Labute approximate surface area is 157 Å². The number of amides is 1. The molecular formula is C20H18Cl2N2O. The van der Waals surface area contributed by atoms with Crippen LogP contribution >= 0.6 is 23.2 Å². The van der Waals surface area contributed by atoms with Gasteiger partial charge in [0.15, 0.2) is 0 Å². The lowest BCUT2D eigenvalue weighted by Crippen LogP contribution is -2.26. The average molecular weight is 373 g/mol. The van der Waals surface area contributed by atoms with E-state index in [1.54, 1.807) is 5.01 Å². The molecule has 1 aliphatic rings. The molecule has 2 aromatic carbocycles. The third-order valence-corrected chi connectivity index (χ3v) is 4.59. The van der Waals surface area contributed by atoms with Crippen molar-refractivity contribution in [3.63, 3.8) is 0 Å². The fourth-order valence-corrected chi connectivity index (χ4v) is 2.99. The Balaban J connectivity index is 1.82. The summed E-state index contributed by atoms with van der Waals surface area (Å²) < 4.78 is 0. The fourth-order valence-electron chi connectivity index (χ4n) is 2.74. The van der Waals surface area contributed by atoms with Gasteiger partial charge in [-0.1, -0.05) is 60.5 Å². The maximum Gasteiger partial charge on any atom is 0.242 e. The molecule has 0 unspecified atom stereocenters. The lowest BCUT2D eigenvalue weighted by atomic mass is 10.0. The summed E-state index contributed by atoms with van der Waals surface area (Å²) in [5.74, 6) is 0.00911. The Hall–Kier alpha value is -2.10. The highest BCUT2D eigenvalue weighted by Crippen LogP contribution is 2.32. The summed E-state index contributed by atoms with van der Waals surface area (Å²) in [5.41, 5.74) is 2.94. The molecule has 0 N–H and O–H groups in total. The van der Waals surface area contributed by atoms with Crippen LogP contribution in [0.2, 0.25) is 10.0 Å². The summed E-state index contributed by atoms with van der Waals surface area (Å²) in [6.07, 6.45) is 5.03. The molecule has 0 saturated carbocycles. The standard InChI is InChI=1S/C20H18Cl2N2O/c1-2-20(25)24-19(15-6-10-17(22)11-7-15)13-18(23-24)12-5-14-3-8-16(21)9-4-14/h3-12,19H,2,13H2,1H3/b12-5+/t19-/m0/s1. The van der Waals surface area contributed by atoms with Crippen LogP contribution in [0.1, 0.15) is 36.9 Å². The van der Waals surface area contributed by atoms with Crippen molar-refractivity contribution in [2.75, 3.05) is 0 Å². The van der Waals surface area contributed by atoms with E-state index in [2.05, 4.69) is 5.10 Å². The smallest absolute Gasteiger partial charge is 0.242 e. The summed E-state index contributed by atoms with van der Waals surface area (Å²) >= 11 is 11.9. The zero-order valence-corrected chi connectivity index (χ0v) is 15.3. The van der Waals surface area contributed by atoms with Crippen molar-refractivity contribution in [3.8, 4) is 0 Å². The van der Waals surface area contributed by atoms with E-state index in [0.717, 1.165) is 16.8 Å². The van der Waals surface area contributed by atoms with Crippen LogP contribution in [0.15, 0.2) is 59.7 Å². The number of benzene rings is 2. The maximum absolute atomic E-state index is 12.3. The second-order valence-electron chi connectivity index (χ2n) is 5.84. The number of hydrazone groups is 1. The van der Waals surface area contributed by atoms with E-state index in [1.807, 2.05) is 67.6 Å². The van der Waals surface area contributed by atoms with Gasteiger partial charge in [0.25, 0.3) is 0 Å². The molecule has 0 spiro atoms. The number of nitrogens with zero attached hydrogens (tertiary/aromatic N) is 2. The van der Waals surface area contributed by atoms with E-state index in [0.29, 0.717) is 22.9 Å². The molecule has 128 valence electrons. The van der Waals surface area contributed by atoms with Gasteiger partial charge in [0.1, 0.15) is 0 Å². The first-order chi connectivity index (χ1) is 12.1. The topological polar surface area (TPSA) is 32.7 Å². The quantitative estimate of drug-likeness (QED) is 0.672. The highest BCUT2D eigenvalue weighted by molar-refractivity contribution is 6.30. The van der Waals surface area contributed by atoms with Crippen molar-refractivity contribution in [1.29, 1.82) is 0 Å². The van der Waals surface area contributed by atoms with Crippen molar-refractivity contribution in [1.82, 2.24) is 5.01 Å². The van der Waals surface area contributed by atoms with Crippen LogP contribution < -0.4 is 0 Å². The van der Waals surface area contributed by atoms with Crippen molar-refractivity contribution in [3.05, 3.63) is 75.8 Å². The molecule has 0 bridgehead atoms. The summed E-state index contributed by atoms with van der Waals surface area (Å²) in [7, 11) is 0. The van der Waals surface area contributed by atoms with Gasteiger partial charge in [-0.3, -0.25) is 4.79 Å². The zero-order valence-electron chi connectivity index (χ0n) is 13.8. The number of carbonyl (C=O) groups excluding carboxylic acids is 1. The number of carbonyl (C=O) groups is 1. The predicted molar refractivity (Wildman–Crippen MR) is 104 cm³/mol. The number of hydrogen-bond donors (Lipinski definition) is 0. The molecule has 3 nitrogen and oxygen atoms in total. The van der Waals surface area contributed by atoms with E-state index in [9.17, 15) is 4.79 Å². The van der Waals surface area contributed by atoms with Crippen LogP contribution in [0, 0.1) is 0 Å². The first-order valence-corrected chi connectivity index (χ1v) is 8.91. The summed E-state index contributed by atoms with van der Waals surface area (Å²) in [6.45, 7) is 1.85. The summed E-state index contributed by atoms with van der Waals surface area (Å²) in [6, 6.07) is 15.1. The Morgan fingerprint density at radius 3 is 2.28 bits per heavy atom. The molecule has 3 rings (SSSR count). The second kappa shape index (κ2) is 7.85. The van der Waals surface area contributed by atoms with Gasteiger partial charge in [0.05, 0.1) is 11.8 Å². The predicted octanol–water partition coefficient (Wildman–Crippen LogP) is 5.75. The molecular weight excluding hydrogens is 355 g/mol. The van der Waals surface area contributed by atoms with Gasteiger partial charge in [0, 0.05) is 22.9 Å². The zero-order chi connectivity index (χ0) is 17.8. The van der Waals surface area contributed by atoms with E-state index in [-0.39, 0.29) is 11.9 Å². The fraction of sp³-hybridized carbons (Fsp3) is 0.200. The minimum Gasteiger partial charge on any atom is -0.273 e. The molecule has 2 aromatic rings. The van der Waals surface area contributed by atoms with Crippen LogP contribution in [0.4, 0.5) is 0 Å². The lowest BCUT2D eigenvalue weighted by Gasteiger charge is -2.21. The maximum atomic E-state index is 12.3.